The Morgan fingerprint density at radius 1 is 0.265 bits per heavy atom. The lowest BCUT2D eigenvalue weighted by Crippen LogP contribution is -2.09. The first-order valence-corrected chi connectivity index (χ1v) is 33.8. The van der Waals surface area contributed by atoms with Crippen molar-refractivity contribution in [3.63, 3.8) is 0 Å². The van der Waals surface area contributed by atoms with Crippen LogP contribution in [0, 0.1) is 0 Å². The third-order valence-corrected chi connectivity index (χ3v) is 20.4. The van der Waals surface area contributed by atoms with Crippen LogP contribution in [-0.2, 0) is 0 Å². The number of aromatic nitrogens is 8. The molecule has 0 saturated carbocycles. The van der Waals surface area contributed by atoms with Gasteiger partial charge in [0.05, 0.1) is 36.1 Å². The normalized spacial score (nSPS) is 14.1. The van der Waals surface area contributed by atoms with Gasteiger partial charge in [-0.15, -0.1) is 0 Å². The van der Waals surface area contributed by atoms with E-state index in [4.69, 9.17) is 58.3 Å². The molecule has 0 fully saturated rings. The Balaban J connectivity index is 0.895. The summed E-state index contributed by atoms with van der Waals surface area (Å²) in [4.78, 5) is 40.9. The zero-order chi connectivity index (χ0) is 67.3. The second-order valence-electron chi connectivity index (χ2n) is 25.9. The van der Waals surface area contributed by atoms with Crippen LogP contribution in [0.2, 0.25) is 0 Å². The van der Waals surface area contributed by atoms with Crippen LogP contribution >= 0.6 is 0 Å². The number of benzene rings is 14. The minimum atomic E-state index is -0.493. The standard InChI is InChI=1S/C88H54N8O6/c1-97-53-39-31-51(32-40-53)71-73-55-19-7-3-15-47(55)35-43-67(73)99-63-27-11-23-59-77(63)85-91-81(59)89-83-61-25-13-29-65-79(61)87(93-83)96-88-80-62(84(94-88)90-82-60-24-12-28-64(78(60)86(92-82)95-85)100-68-44-36-48-16-4-8-20-56(48)74(68)71)26-14-30-66(80)102-70-46-38-50-18-6-10-22-58(50)76(70)72(52-33-41-54(98-2)42-34-52)75-57-21-9-5-17-49(57)37-45-69(75)101-65/h3-46,71-72H,1-2H3,(H2,89,90,91,92,93,94,95,96). The monoisotopic (exact) mass is 1320 g/mol. The van der Waals surface area contributed by atoms with Crippen LogP contribution in [0.25, 0.3) is 133 Å². The molecule has 17 aromatic rings. The lowest BCUT2D eigenvalue weighted by Gasteiger charge is -2.27. The second-order valence-corrected chi connectivity index (χ2v) is 25.9. The molecular weight excluding hydrogens is 1270 g/mol. The predicted octanol–water partition coefficient (Wildman–Crippen LogP) is 21.7. The number of rotatable bonds is 4. The van der Waals surface area contributed by atoms with Gasteiger partial charge in [-0.25, -0.2) is 29.9 Å². The van der Waals surface area contributed by atoms with Gasteiger partial charge in [-0.05, 0) is 127 Å². The van der Waals surface area contributed by atoms with Crippen molar-refractivity contribution in [3.8, 4) is 103 Å². The van der Waals surface area contributed by atoms with E-state index in [-0.39, 0.29) is 0 Å². The van der Waals surface area contributed by atoms with Crippen molar-refractivity contribution in [1.29, 1.82) is 0 Å². The molecule has 4 aliphatic rings. The first-order chi connectivity index (χ1) is 50.4. The minimum Gasteiger partial charge on any atom is -0.497 e. The molecule has 4 aliphatic heterocycles. The summed E-state index contributed by atoms with van der Waals surface area (Å²) in [5, 5.41) is 10.9. The van der Waals surface area contributed by atoms with Crippen molar-refractivity contribution in [2.24, 2.45) is 0 Å². The largest absolute Gasteiger partial charge is 0.497 e. The number of hydrogen-bond acceptors (Lipinski definition) is 12. The lowest BCUT2D eigenvalue weighted by atomic mass is 9.79. The van der Waals surface area contributed by atoms with Crippen LogP contribution in [0.4, 0.5) is 0 Å². The molecule has 2 atom stereocenters. The maximum atomic E-state index is 7.63. The van der Waals surface area contributed by atoms with Gasteiger partial charge in [-0.2, -0.15) is 0 Å². The average molecular weight is 1320 g/mol. The molecule has 14 nitrogen and oxygen atoms in total. The predicted molar refractivity (Wildman–Crippen MR) is 400 cm³/mol. The van der Waals surface area contributed by atoms with Gasteiger partial charge in [0.25, 0.3) is 0 Å². The summed E-state index contributed by atoms with van der Waals surface area (Å²) in [5.41, 5.74) is 10.1. The number of methoxy groups -OCH3 is 2. The molecule has 0 spiro atoms. The number of H-pyrrole nitrogens is 2. The Kier molecular flexibility index (Phi) is 12.6. The summed E-state index contributed by atoms with van der Waals surface area (Å²) in [7, 11) is 3.38. The maximum absolute atomic E-state index is 7.63. The van der Waals surface area contributed by atoms with Gasteiger partial charge < -0.3 is 38.4 Å². The molecule has 0 radical (unpaired) electrons. The first kappa shape index (κ1) is 57.4. The van der Waals surface area contributed by atoms with Gasteiger partial charge in [-0.3, -0.25) is 0 Å². The van der Waals surface area contributed by atoms with E-state index in [0.717, 1.165) is 88.0 Å². The first-order valence-electron chi connectivity index (χ1n) is 33.8. The van der Waals surface area contributed by atoms with E-state index < -0.39 is 11.8 Å². The lowest BCUT2D eigenvalue weighted by molar-refractivity contribution is 0.414. The van der Waals surface area contributed by atoms with E-state index in [0.29, 0.717) is 136 Å². The van der Waals surface area contributed by atoms with Crippen molar-refractivity contribution in [2.75, 3.05) is 14.2 Å². The van der Waals surface area contributed by atoms with Gasteiger partial charge in [0.15, 0.2) is 23.3 Å². The third-order valence-electron chi connectivity index (χ3n) is 20.4. The summed E-state index contributed by atoms with van der Waals surface area (Å²) in [6.07, 6.45) is 0. The molecule has 2 unspecified atom stereocenters. The Hall–Kier alpha value is -13.7. The number of ether oxygens (including phenoxy) is 6. The van der Waals surface area contributed by atoms with Crippen molar-refractivity contribution in [3.05, 3.63) is 300 Å². The number of fused-ring (bicyclic) bond motifs is 20. The number of aromatic amines is 2. The topological polar surface area (TPSA) is 164 Å². The average Bonchev–Trinajstić information content (AvgIpc) is 1.01. The van der Waals surface area contributed by atoms with Crippen molar-refractivity contribution in [1.82, 2.24) is 39.9 Å². The van der Waals surface area contributed by atoms with Gasteiger partial charge in [-0.1, -0.05) is 194 Å². The SMILES string of the molecule is COc1ccc(C2c3c(ccc4ccccc34)Oc3cccc4c3-c3nc-4nc4[nH]c5nc6nc(nc7[nH]c(n3)c3c(cccc73)Oc3ccc7ccccc7c32)-c2cccc(c2-6)Oc2ccc3ccccc3c2C(c2ccc(OC)cc2)c2c(ccc3ccccc23)Oc2cccc4c25)cc1. The number of nitrogens with zero attached hydrogens (tertiary/aromatic N) is 6. The fourth-order valence-electron chi connectivity index (χ4n) is 15.9. The Morgan fingerprint density at radius 3 is 0.941 bits per heavy atom. The molecule has 14 aromatic carbocycles. The smallest absolute Gasteiger partial charge is 0.168 e. The molecule has 3 aromatic heterocycles. The number of nitrogens with one attached hydrogen (secondary N) is 2. The quantitative estimate of drug-likeness (QED) is 0.172. The van der Waals surface area contributed by atoms with Crippen molar-refractivity contribution in [2.45, 2.75) is 11.8 Å². The minimum absolute atomic E-state index is 0.344. The summed E-state index contributed by atoms with van der Waals surface area (Å²) in [6.45, 7) is 0. The van der Waals surface area contributed by atoms with Gasteiger partial charge in [0, 0.05) is 56.0 Å². The molecule has 0 amide bonds. The van der Waals surface area contributed by atoms with Crippen LogP contribution < -0.4 is 28.4 Å². The zero-order valence-electron chi connectivity index (χ0n) is 54.7. The van der Waals surface area contributed by atoms with E-state index in [1.54, 1.807) is 14.2 Å². The Bertz CT molecular complexity index is 6250. The molecule has 14 heteroatoms. The highest BCUT2D eigenvalue weighted by atomic mass is 16.5. The van der Waals surface area contributed by atoms with Crippen LogP contribution in [0.15, 0.2) is 267 Å². The van der Waals surface area contributed by atoms with Crippen LogP contribution in [0.3, 0.4) is 0 Å². The molecule has 21 rings (SSSR count). The van der Waals surface area contributed by atoms with E-state index in [2.05, 4.69) is 180 Å². The summed E-state index contributed by atoms with van der Waals surface area (Å²) in [5.74, 6) is 6.52. The molecule has 7 heterocycles. The van der Waals surface area contributed by atoms with Gasteiger partial charge in [0.1, 0.15) is 80.1 Å². The Morgan fingerprint density at radius 2 is 0.578 bits per heavy atom. The molecule has 102 heavy (non-hydrogen) atoms. The molecule has 2 N–H and O–H groups in total. The highest BCUT2D eigenvalue weighted by Crippen LogP contribution is 2.55. The van der Waals surface area contributed by atoms with Crippen LogP contribution in [0.1, 0.15) is 45.2 Å². The molecule has 0 saturated heterocycles. The van der Waals surface area contributed by atoms with Crippen molar-refractivity contribution >= 4 is 87.2 Å². The molecule has 482 valence electrons. The van der Waals surface area contributed by atoms with Crippen LogP contribution in [0.5, 0.6) is 57.5 Å². The van der Waals surface area contributed by atoms with Crippen molar-refractivity contribution < 1.29 is 28.4 Å². The highest BCUT2D eigenvalue weighted by molar-refractivity contribution is 6.11. The molecular formula is C88H54N8O6. The Labute approximate surface area is 581 Å². The van der Waals surface area contributed by atoms with E-state index >= 15 is 0 Å². The molecule has 0 aliphatic carbocycles. The van der Waals surface area contributed by atoms with E-state index in [9.17, 15) is 0 Å². The third kappa shape index (κ3) is 8.85. The summed E-state index contributed by atoms with van der Waals surface area (Å²) in [6, 6.07) is 91.3. The molecule has 8 bridgehead atoms. The van der Waals surface area contributed by atoms with Crippen LogP contribution in [-0.4, -0.2) is 54.1 Å². The number of hydrogen-bond donors (Lipinski definition) is 2. The van der Waals surface area contributed by atoms with E-state index in [1.165, 1.54) is 0 Å². The fraction of sp³-hybridized carbons (Fsp3) is 0.0455. The zero-order valence-corrected chi connectivity index (χ0v) is 54.7. The second kappa shape index (κ2) is 22.4. The fourth-order valence-corrected chi connectivity index (χ4v) is 15.9. The van der Waals surface area contributed by atoms with Gasteiger partial charge >= 0.3 is 0 Å². The maximum Gasteiger partial charge on any atom is 0.168 e. The van der Waals surface area contributed by atoms with Gasteiger partial charge in [0.2, 0.25) is 0 Å². The summed E-state index contributed by atoms with van der Waals surface area (Å²) >= 11 is 0. The summed E-state index contributed by atoms with van der Waals surface area (Å²) < 4.78 is 42.2. The van der Waals surface area contributed by atoms with E-state index in [1.807, 2.05) is 97.1 Å². The highest BCUT2D eigenvalue weighted by Gasteiger charge is 2.35.